The summed E-state index contributed by atoms with van der Waals surface area (Å²) in [5.74, 6) is 1.32. The standard InChI is InChI=1S/C18H24ClNS/c1-14(2)11-20-12-17(10-16-7-8-21-13-16)9-15-3-5-18(19)6-4-15/h3-8,13-14,17,20H,9-12H2,1-2H3. The average Bonchev–Trinajstić information content (AvgIpc) is 2.94. The lowest BCUT2D eigenvalue weighted by atomic mass is 9.93. The molecular weight excluding hydrogens is 298 g/mol. The van der Waals surface area contributed by atoms with Gasteiger partial charge in [-0.15, -0.1) is 0 Å². The molecule has 0 spiro atoms. The first kappa shape index (κ1) is 16.5. The zero-order valence-corrected chi connectivity index (χ0v) is 14.4. The third-order valence-corrected chi connectivity index (χ3v) is 4.51. The quantitative estimate of drug-likeness (QED) is 0.717. The summed E-state index contributed by atoms with van der Waals surface area (Å²) in [6.45, 7) is 6.65. The maximum atomic E-state index is 5.97. The van der Waals surface area contributed by atoms with Gasteiger partial charge < -0.3 is 5.32 Å². The molecule has 1 aromatic heterocycles. The van der Waals surface area contributed by atoms with E-state index in [-0.39, 0.29) is 0 Å². The first-order valence-electron chi connectivity index (χ1n) is 7.59. The predicted molar refractivity (Wildman–Crippen MR) is 94.4 cm³/mol. The molecule has 0 aliphatic heterocycles. The molecule has 2 rings (SSSR count). The highest BCUT2D eigenvalue weighted by atomic mass is 35.5. The Labute approximate surface area is 137 Å². The first-order valence-corrected chi connectivity index (χ1v) is 8.92. The number of nitrogens with one attached hydrogen (secondary N) is 1. The lowest BCUT2D eigenvalue weighted by molar-refractivity contribution is 0.445. The Morgan fingerprint density at radius 3 is 2.33 bits per heavy atom. The van der Waals surface area contributed by atoms with Crippen molar-refractivity contribution in [3.05, 3.63) is 57.2 Å². The van der Waals surface area contributed by atoms with Gasteiger partial charge in [-0.2, -0.15) is 11.3 Å². The normalized spacial score (nSPS) is 12.8. The molecule has 114 valence electrons. The zero-order chi connectivity index (χ0) is 15.1. The molecule has 0 aliphatic rings. The van der Waals surface area contributed by atoms with Crippen LogP contribution in [0.25, 0.3) is 0 Å². The number of thiophene rings is 1. The van der Waals surface area contributed by atoms with Gasteiger partial charge in [0.25, 0.3) is 0 Å². The highest BCUT2D eigenvalue weighted by molar-refractivity contribution is 7.07. The minimum absolute atomic E-state index is 0.625. The van der Waals surface area contributed by atoms with Crippen LogP contribution in [0.2, 0.25) is 5.02 Å². The third kappa shape index (κ3) is 6.21. The molecule has 0 aliphatic carbocycles. The van der Waals surface area contributed by atoms with Crippen LogP contribution in [0.5, 0.6) is 0 Å². The third-order valence-electron chi connectivity index (χ3n) is 3.53. The van der Waals surface area contributed by atoms with Crippen molar-refractivity contribution in [3.63, 3.8) is 0 Å². The molecule has 1 nitrogen and oxygen atoms in total. The van der Waals surface area contributed by atoms with Crippen LogP contribution in [-0.2, 0) is 12.8 Å². The highest BCUT2D eigenvalue weighted by Crippen LogP contribution is 2.18. The molecule has 0 saturated carbocycles. The summed E-state index contributed by atoms with van der Waals surface area (Å²) in [5.41, 5.74) is 2.82. The fraction of sp³-hybridized carbons (Fsp3) is 0.444. The molecule has 0 amide bonds. The van der Waals surface area contributed by atoms with E-state index in [4.69, 9.17) is 11.6 Å². The Morgan fingerprint density at radius 1 is 1.00 bits per heavy atom. The summed E-state index contributed by atoms with van der Waals surface area (Å²) >= 11 is 7.75. The van der Waals surface area contributed by atoms with Gasteiger partial charge in [0.1, 0.15) is 0 Å². The number of rotatable bonds is 8. The van der Waals surface area contributed by atoms with Crippen LogP contribution in [0.3, 0.4) is 0 Å². The number of hydrogen-bond acceptors (Lipinski definition) is 2. The van der Waals surface area contributed by atoms with Gasteiger partial charge in [-0.05, 0) is 77.9 Å². The molecule has 1 unspecified atom stereocenters. The van der Waals surface area contributed by atoms with Gasteiger partial charge >= 0.3 is 0 Å². The van der Waals surface area contributed by atoms with E-state index in [1.807, 2.05) is 12.1 Å². The molecule has 3 heteroatoms. The molecule has 1 aromatic carbocycles. The van der Waals surface area contributed by atoms with E-state index in [9.17, 15) is 0 Å². The van der Waals surface area contributed by atoms with Gasteiger partial charge in [-0.25, -0.2) is 0 Å². The minimum Gasteiger partial charge on any atom is -0.316 e. The predicted octanol–water partition coefficient (Wildman–Crippen LogP) is 5.05. The molecule has 1 N–H and O–H groups in total. The maximum Gasteiger partial charge on any atom is 0.0406 e. The molecule has 2 aromatic rings. The smallest absolute Gasteiger partial charge is 0.0406 e. The van der Waals surface area contributed by atoms with Crippen LogP contribution in [0, 0.1) is 11.8 Å². The Bertz CT molecular complexity index is 505. The van der Waals surface area contributed by atoms with Crippen molar-refractivity contribution in [2.45, 2.75) is 26.7 Å². The molecule has 0 bridgehead atoms. The van der Waals surface area contributed by atoms with E-state index in [1.165, 1.54) is 11.1 Å². The molecule has 21 heavy (non-hydrogen) atoms. The second-order valence-electron chi connectivity index (χ2n) is 6.08. The van der Waals surface area contributed by atoms with Crippen molar-refractivity contribution in [2.24, 2.45) is 11.8 Å². The van der Waals surface area contributed by atoms with Crippen LogP contribution in [0.4, 0.5) is 0 Å². The summed E-state index contributed by atoms with van der Waals surface area (Å²) in [6.07, 6.45) is 2.23. The fourth-order valence-corrected chi connectivity index (χ4v) is 3.30. The molecule has 0 radical (unpaired) electrons. The van der Waals surface area contributed by atoms with Gasteiger partial charge in [0.15, 0.2) is 0 Å². The van der Waals surface area contributed by atoms with E-state index < -0.39 is 0 Å². The Hall–Kier alpha value is -0.830. The number of halogens is 1. The summed E-state index contributed by atoms with van der Waals surface area (Å²) in [7, 11) is 0. The van der Waals surface area contributed by atoms with Crippen molar-refractivity contribution in [2.75, 3.05) is 13.1 Å². The van der Waals surface area contributed by atoms with Crippen LogP contribution in [0.1, 0.15) is 25.0 Å². The summed E-state index contributed by atoms with van der Waals surface area (Å²) < 4.78 is 0. The second-order valence-corrected chi connectivity index (χ2v) is 7.30. The molecule has 1 heterocycles. The van der Waals surface area contributed by atoms with E-state index in [0.29, 0.717) is 11.8 Å². The van der Waals surface area contributed by atoms with Gasteiger partial charge in [-0.3, -0.25) is 0 Å². The monoisotopic (exact) mass is 321 g/mol. The molecular formula is C18H24ClNS. The zero-order valence-electron chi connectivity index (χ0n) is 12.8. The van der Waals surface area contributed by atoms with Crippen LogP contribution < -0.4 is 5.32 Å². The lowest BCUT2D eigenvalue weighted by Gasteiger charge is -2.18. The largest absolute Gasteiger partial charge is 0.316 e. The van der Waals surface area contributed by atoms with E-state index >= 15 is 0 Å². The first-order chi connectivity index (χ1) is 10.1. The van der Waals surface area contributed by atoms with Gasteiger partial charge in [0.2, 0.25) is 0 Å². The van der Waals surface area contributed by atoms with Crippen molar-refractivity contribution in [1.29, 1.82) is 0 Å². The Kier molecular flexibility index (Phi) is 6.75. The molecule has 1 atom stereocenters. The minimum atomic E-state index is 0.625. The van der Waals surface area contributed by atoms with E-state index in [2.05, 4.69) is 48.1 Å². The van der Waals surface area contributed by atoms with E-state index in [1.54, 1.807) is 11.3 Å². The van der Waals surface area contributed by atoms with E-state index in [0.717, 1.165) is 31.0 Å². The fourth-order valence-electron chi connectivity index (χ4n) is 2.49. The van der Waals surface area contributed by atoms with Crippen molar-refractivity contribution in [3.8, 4) is 0 Å². The lowest BCUT2D eigenvalue weighted by Crippen LogP contribution is -2.28. The maximum absolute atomic E-state index is 5.97. The summed E-state index contributed by atoms with van der Waals surface area (Å²) in [4.78, 5) is 0. The van der Waals surface area contributed by atoms with Gasteiger partial charge in [0, 0.05) is 5.02 Å². The Morgan fingerprint density at radius 2 is 1.71 bits per heavy atom. The highest BCUT2D eigenvalue weighted by Gasteiger charge is 2.11. The van der Waals surface area contributed by atoms with Crippen LogP contribution >= 0.6 is 22.9 Å². The topological polar surface area (TPSA) is 12.0 Å². The van der Waals surface area contributed by atoms with Crippen molar-refractivity contribution < 1.29 is 0 Å². The van der Waals surface area contributed by atoms with Gasteiger partial charge in [0.05, 0.1) is 0 Å². The van der Waals surface area contributed by atoms with Crippen LogP contribution in [0.15, 0.2) is 41.1 Å². The SMILES string of the molecule is CC(C)CNCC(Cc1ccc(Cl)cc1)Cc1ccsc1. The van der Waals surface area contributed by atoms with Crippen molar-refractivity contribution >= 4 is 22.9 Å². The molecule has 0 saturated heterocycles. The molecule has 0 fully saturated rings. The van der Waals surface area contributed by atoms with Crippen LogP contribution in [-0.4, -0.2) is 13.1 Å². The van der Waals surface area contributed by atoms with Crippen molar-refractivity contribution in [1.82, 2.24) is 5.32 Å². The van der Waals surface area contributed by atoms with Gasteiger partial charge in [-0.1, -0.05) is 37.6 Å². The summed E-state index contributed by atoms with van der Waals surface area (Å²) in [6, 6.07) is 10.5. The second kappa shape index (κ2) is 8.57. The average molecular weight is 322 g/mol. The summed E-state index contributed by atoms with van der Waals surface area (Å²) in [5, 5.41) is 8.84. The number of hydrogen-bond donors (Lipinski definition) is 1. The number of benzene rings is 1. The Balaban J connectivity index is 1.95.